The molecule has 0 aliphatic carbocycles. The van der Waals surface area contributed by atoms with Gasteiger partial charge in [-0.2, -0.15) is 0 Å². The van der Waals surface area contributed by atoms with Gasteiger partial charge in [-0.05, 0) is 56.1 Å². The number of ether oxygens (including phenoxy) is 1. The van der Waals surface area contributed by atoms with E-state index in [0.29, 0.717) is 19.1 Å². The number of hydrogen-bond donors (Lipinski definition) is 0. The van der Waals surface area contributed by atoms with Crippen LogP contribution in [0.4, 0.5) is 14.9 Å². The van der Waals surface area contributed by atoms with Crippen LogP contribution in [0.2, 0.25) is 0 Å². The summed E-state index contributed by atoms with van der Waals surface area (Å²) < 4.78 is 18.8. The molecule has 1 spiro atoms. The number of likely N-dealkylation sites (tertiary alicyclic amines) is 2. The molecule has 2 saturated heterocycles. The molecule has 146 valence electrons. The molecule has 1 aromatic rings. The molecule has 1 unspecified atom stereocenters. The smallest absolute Gasteiger partial charge is 0.409 e. The summed E-state index contributed by atoms with van der Waals surface area (Å²) >= 11 is 0. The van der Waals surface area contributed by atoms with Crippen molar-refractivity contribution < 1.29 is 18.7 Å². The van der Waals surface area contributed by atoms with Crippen LogP contribution < -0.4 is 4.90 Å². The molecule has 3 aliphatic heterocycles. The van der Waals surface area contributed by atoms with E-state index in [1.54, 1.807) is 28.9 Å². The maximum Gasteiger partial charge on any atom is 0.409 e. The molecule has 0 radical (unpaired) electrons. The first-order chi connectivity index (χ1) is 12.9. The zero-order valence-corrected chi connectivity index (χ0v) is 15.9. The summed E-state index contributed by atoms with van der Waals surface area (Å²) in [6.07, 6.45) is 2.47. The normalized spacial score (nSPS) is 24.3. The molecule has 6 nitrogen and oxygen atoms in total. The number of hydrogen-bond acceptors (Lipinski definition) is 4. The number of carbonyl (C=O) groups excluding carboxylic acids is 2. The number of benzene rings is 1. The van der Waals surface area contributed by atoms with E-state index >= 15 is 0 Å². The second-order valence-corrected chi connectivity index (χ2v) is 7.94. The van der Waals surface area contributed by atoms with Crippen LogP contribution in [-0.4, -0.2) is 67.7 Å². The van der Waals surface area contributed by atoms with Gasteiger partial charge in [0.25, 0.3) is 0 Å². The Morgan fingerprint density at radius 3 is 2.63 bits per heavy atom. The maximum absolute atomic E-state index is 13.9. The fraction of sp³-hybridized carbons (Fsp3) is 0.600. The summed E-state index contributed by atoms with van der Waals surface area (Å²) in [5.74, 6) is -0.239. The Balaban J connectivity index is 1.48. The second-order valence-electron chi connectivity index (χ2n) is 7.94. The summed E-state index contributed by atoms with van der Waals surface area (Å²) in [4.78, 5) is 29.8. The Morgan fingerprint density at radius 2 is 1.96 bits per heavy atom. The van der Waals surface area contributed by atoms with E-state index in [-0.39, 0.29) is 23.2 Å². The van der Waals surface area contributed by atoms with Gasteiger partial charge >= 0.3 is 6.09 Å². The number of nitrogens with zero attached hydrogens (tertiary/aromatic N) is 3. The van der Waals surface area contributed by atoms with Gasteiger partial charge in [0.2, 0.25) is 5.91 Å². The number of carbonyl (C=O) groups is 2. The molecular weight excluding hydrogens is 349 g/mol. The van der Waals surface area contributed by atoms with Crippen molar-refractivity contribution in [1.29, 1.82) is 0 Å². The Kier molecular flexibility index (Phi) is 4.58. The fourth-order valence-electron chi connectivity index (χ4n) is 5.00. The lowest BCUT2D eigenvalue weighted by atomic mass is 9.74. The standard InChI is InChI=1S/C20H26FN3O3/c1-14(25)24-13-20(17-11-15(21)3-4-18(17)24)6-9-22(10-7-20)16-5-8-23(12-16)19(26)27-2/h3-4,11,16H,5-10,12-13H2,1-2H3. The van der Waals surface area contributed by atoms with Crippen LogP contribution in [-0.2, 0) is 14.9 Å². The second kappa shape index (κ2) is 6.78. The molecular formula is C20H26FN3O3. The van der Waals surface area contributed by atoms with Crippen molar-refractivity contribution in [2.75, 3.05) is 44.7 Å². The highest BCUT2D eigenvalue weighted by atomic mass is 19.1. The number of rotatable bonds is 1. The first-order valence-electron chi connectivity index (χ1n) is 9.58. The van der Waals surface area contributed by atoms with Crippen molar-refractivity contribution in [2.24, 2.45) is 0 Å². The van der Waals surface area contributed by atoms with Crippen LogP contribution in [0.3, 0.4) is 0 Å². The van der Waals surface area contributed by atoms with Crippen molar-refractivity contribution in [1.82, 2.24) is 9.80 Å². The molecule has 0 aromatic heterocycles. The SMILES string of the molecule is COC(=O)N1CCC(N2CCC3(CC2)CN(C(C)=O)c2ccc(F)cc23)C1. The van der Waals surface area contributed by atoms with Crippen LogP contribution in [0, 0.1) is 5.82 Å². The summed E-state index contributed by atoms with van der Waals surface area (Å²) in [5.41, 5.74) is 1.66. The molecule has 2 amide bonds. The number of fused-ring (bicyclic) bond motifs is 2. The molecule has 27 heavy (non-hydrogen) atoms. The van der Waals surface area contributed by atoms with Gasteiger partial charge in [0.05, 0.1) is 7.11 Å². The average Bonchev–Trinajstić information content (AvgIpc) is 3.26. The summed E-state index contributed by atoms with van der Waals surface area (Å²) in [5, 5.41) is 0. The number of anilines is 1. The predicted molar refractivity (Wildman–Crippen MR) is 99.3 cm³/mol. The maximum atomic E-state index is 13.9. The highest BCUT2D eigenvalue weighted by Crippen LogP contribution is 2.47. The van der Waals surface area contributed by atoms with E-state index in [4.69, 9.17) is 4.74 Å². The van der Waals surface area contributed by atoms with Crippen molar-refractivity contribution >= 4 is 17.7 Å². The largest absolute Gasteiger partial charge is 0.453 e. The zero-order chi connectivity index (χ0) is 19.2. The van der Waals surface area contributed by atoms with E-state index < -0.39 is 0 Å². The van der Waals surface area contributed by atoms with Crippen molar-refractivity contribution in [3.63, 3.8) is 0 Å². The Bertz CT molecular complexity index is 761. The third-order valence-corrected chi connectivity index (χ3v) is 6.53. The molecule has 7 heteroatoms. The van der Waals surface area contributed by atoms with E-state index in [2.05, 4.69) is 4.90 Å². The molecule has 3 heterocycles. The number of halogens is 1. The van der Waals surface area contributed by atoms with Gasteiger partial charge in [0.15, 0.2) is 0 Å². The number of methoxy groups -OCH3 is 1. The van der Waals surface area contributed by atoms with Gasteiger partial charge in [-0.15, -0.1) is 0 Å². The van der Waals surface area contributed by atoms with Crippen molar-refractivity contribution in [2.45, 2.75) is 37.6 Å². The van der Waals surface area contributed by atoms with E-state index in [0.717, 1.165) is 50.1 Å². The zero-order valence-electron chi connectivity index (χ0n) is 15.9. The van der Waals surface area contributed by atoms with Gasteiger partial charge in [-0.25, -0.2) is 9.18 Å². The minimum absolute atomic E-state index is 0.00618. The molecule has 3 aliphatic rings. The fourth-order valence-corrected chi connectivity index (χ4v) is 5.00. The highest BCUT2D eigenvalue weighted by Gasteiger charge is 2.47. The summed E-state index contributed by atoms with van der Waals surface area (Å²) in [6, 6.07) is 5.13. The monoisotopic (exact) mass is 375 g/mol. The third-order valence-electron chi connectivity index (χ3n) is 6.53. The van der Waals surface area contributed by atoms with Crippen LogP contribution in [0.5, 0.6) is 0 Å². The van der Waals surface area contributed by atoms with Crippen LogP contribution in [0.25, 0.3) is 0 Å². The van der Waals surface area contributed by atoms with Gasteiger partial charge in [-0.1, -0.05) is 0 Å². The lowest BCUT2D eigenvalue weighted by Gasteiger charge is -2.42. The summed E-state index contributed by atoms with van der Waals surface area (Å²) in [7, 11) is 1.41. The molecule has 1 aromatic carbocycles. The molecule has 0 bridgehead atoms. The first kappa shape index (κ1) is 18.2. The predicted octanol–water partition coefficient (Wildman–Crippen LogP) is 2.37. The molecule has 4 rings (SSSR count). The van der Waals surface area contributed by atoms with Gasteiger partial charge in [0.1, 0.15) is 5.82 Å². The molecule has 2 fully saturated rings. The average molecular weight is 375 g/mol. The van der Waals surface area contributed by atoms with E-state index in [9.17, 15) is 14.0 Å². The topological polar surface area (TPSA) is 53.1 Å². The molecule has 0 saturated carbocycles. The van der Waals surface area contributed by atoms with Crippen LogP contribution >= 0.6 is 0 Å². The van der Waals surface area contributed by atoms with Crippen LogP contribution in [0.1, 0.15) is 31.7 Å². The van der Waals surface area contributed by atoms with Crippen molar-refractivity contribution in [3.8, 4) is 0 Å². The lowest BCUT2D eigenvalue weighted by Crippen LogP contribution is -2.49. The van der Waals surface area contributed by atoms with Gasteiger partial charge in [0, 0.05) is 43.7 Å². The molecule has 1 atom stereocenters. The minimum Gasteiger partial charge on any atom is -0.453 e. The van der Waals surface area contributed by atoms with Gasteiger partial charge in [-0.3, -0.25) is 9.69 Å². The van der Waals surface area contributed by atoms with Crippen LogP contribution in [0.15, 0.2) is 18.2 Å². The lowest BCUT2D eigenvalue weighted by molar-refractivity contribution is -0.116. The number of amides is 2. The van der Waals surface area contributed by atoms with Crippen molar-refractivity contribution in [3.05, 3.63) is 29.6 Å². The first-order valence-corrected chi connectivity index (χ1v) is 9.58. The Hall–Kier alpha value is -2.15. The Labute approximate surface area is 158 Å². The number of piperidine rings is 1. The van der Waals surface area contributed by atoms with E-state index in [1.807, 2.05) is 0 Å². The van der Waals surface area contributed by atoms with Gasteiger partial charge < -0.3 is 14.5 Å². The van der Waals surface area contributed by atoms with E-state index in [1.165, 1.54) is 13.2 Å². The highest BCUT2D eigenvalue weighted by molar-refractivity contribution is 5.94. The Morgan fingerprint density at radius 1 is 1.22 bits per heavy atom. The summed E-state index contributed by atoms with van der Waals surface area (Å²) in [6.45, 7) is 5.41. The molecule has 0 N–H and O–H groups in total. The quantitative estimate of drug-likeness (QED) is 0.756. The minimum atomic E-state index is -0.261. The third kappa shape index (κ3) is 3.08.